The number of rotatable bonds is 14. The van der Waals surface area contributed by atoms with Crippen LogP contribution in [-0.4, -0.2) is 84.6 Å². The zero-order chi connectivity index (χ0) is 34.1. The van der Waals surface area contributed by atoms with Crippen molar-refractivity contribution in [3.05, 3.63) is 55.8 Å². The zero-order valence-corrected chi connectivity index (χ0v) is 27.5. The minimum atomic E-state index is -3.88. The van der Waals surface area contributed by atoms with E-state index in [1.165, 1.54) is 11.0 Å². The third kappa shape index (κ3) is 7.27. The van der Waals surface area contributed by atoms with E-state index >= 15 is 0 Å². The molecule has 252 valence electrons. The van der Waals surface area contributed by atoms with Gasteiger partial charge in [-0.3, -0.25) is 23.9 Å². The number of carbonyl (C=O) groups excluding carboxylic acids is 4. The zero-order valence-electron chi connectivity index (χ0n) is 26.7. The Kier molecular flexibility index (Phi) is 9.62. The minimum Gasteiger partial charge on any atom is -0.497 e. The molecule has 2 saturated carbocycles. The topological polar surface area (TPSA) is 173 Å². The van der Waals surface area contributed by atoms with Gasteiger partial charge in [0, 0.05) is 23.9 Å². The van der Waals surface area contributed by atoms with E-state index in [9.17, 15) is 27.6 Å². The molecule has 2 aromatic rings. The molecule has 1 aromatic heterocycles. The van der Waals surface area contributed by atoms with Crippen molar-refractivity contribution in [2.24, 2.45) is 11.8 Å². The number of likely N-dealkylation sites (tertiary alicyclic amines) is 1. The number of methoxy groups -OCH3 is 1. The Morgan fingerprint density at radius 1 is 1.17 bits per heavy atom. The van der Waals surface area contributed by atoms with Crippen LogP contribution in [0.1, 0.15) is 46.0 Å². The molecule has 1 aromatic carbocycles. The van der Waals surface area contributed by atoms with Crippen LogP contribution in [0.5, 0.6) is 11.6 Å². The van der Waals surface area contributed by atoms with E-state index in [4.69, 9.17) is 9.47 Å². The van der Waals surface area contributed by atoms with E-state index in [1.54, 1.807) is 19.4 Å². The van der Waals surface area contributed by atoms with Crippen LogP contribution in [0.3, 0.4) is 0 Å². The Morgan fingerprint density at radius 3 is 2.53 bits per heavy atom. The number of ether oxygens (including phenoxy) is 2. The van der Waals surface area contributed by atoms with Gasteiger partial charge in [0.15, 0.2) is 0 Å². The molecule has 1 saturated heterocycles. The predicted octanol–water partition coefficient (Wildman–Crippen LogP) is 1.98. The van der Waals surface area contributed by atoms with Gasteiger partial charge in [-0.15, -0.1) is 6.58 Å². The number of carbonyl (C=O) groups is 4. The smallest absolute Gasteiger partial charge is 0.259 e. The fourth-order valence-electron chi connectivity index (χ4n) is 6.02. The highest BCUT2D eigenvalue weighted by atomic mass is 32.2. The maximum Gasteiger partial charge on any atom is 0.259 e. The van der Waals surface area contributed by atoms with Gasteiger partial charge in [-0.05, 0) is 67.3 Å². The Bertz CT molecular complexity index is 1710. The number of nitrogens with zero attached hydrogens (tertiary/aromatic N) is 2. The summed E-state index contributed by atoms with van der Waals surface area (Å²) in [6.45, 7) is 11.0. The summed E-state index contributed by atoms with van der Waals surface area (Å²) in [7, 11) is -2.31. The summed E-state index contributed by atoms with van der Waals surface area (Å²) in [6, 6.07) is 5.17. The van der Waals surface area contributed by atoms with Crippen LogP contribution in [0, 0.1) is 11.8 Å². The highest BCUT2D eigenvalue weighted by molar-refractivity contribution is 7.91. The fourth-order valence-corrected chi connectivity index (χ4v) is 7.39. The number of benzene rings is 1. The number of hydrogen-bond donors (Lipinski definition) is 3. The maximum absolute atomic E-state index is 14.1. The lowest BCUT2D eigenvalue weighted by atomic mass is 10.0. The molecular weight excluding hydrogens is 626 g/mol. The quantitative estimate of drug-likeness (QED) is 0.201. The summed E-state index contributed by atoms with van der Waals surface area (Å²) < 4.78 is 39.0. The molecule has 3 aliphatic rings. The molecule has 2 aliphatic carbocycles. The van der Waals surface area contributed by atoms with Crippen molar-refractivity contribution in [3.63, 3.8) is 0 Å². The van der Waals surface area contributed by atoms with Crippen LogP contribution in [0.15, 0.2) is 55.8 Å². The van der Waals surface area contributed by atoms with Gasteiger partial charge in [-0.2, -0.15) is 0 Å². The highest BCUT2D eigenvalue weighted by Gasteiger charge is 2.62. The van der Waals surface area contributed by atoms with Gasteiger partial charge in [0.1, 0.15) is 29.5 Å². The molecule has 14 heteroatoms. The maximum atomic E-state index is 14.1. The molecule has 1 unspecified atom stereocenters. The SMILES string of the molecule is C=CC(=O)N[C@H](CC(C)C)C(=O)N1C[C@H](Oc2nccc3cc(OC)ccc23)C[C@H]1C(=O)N[C@]1(C(=O)NS(=O)(=O)C2CC2)CC1C=C. The number of nitrogens with one attached hydrogen (secondary N) is 3. The average Bonchev–Trinajstić information content (AvgIpc) is 3.96. The van der Waals surface area contributed by atoms with Gasteiger partial charge in [-0.1, -0.05) is 26.5 Å². The van der Waals surface area contributed by atoms with Crippen molar-refractivity contribution < 1.29 is 37.1 Å². The first-order chi connectivity index (χ1) is 22.3. The first-order valence-corrected chi connectivity index (χ1v) is 17.2. The lowest BCUT2D eigenvalue weighted by Gasteiger charge is -2.30. The van der Waals surface area contributed by atoms with Crippen molar-refractivity contribution in [1.29, 1.82) is 0 Å². The summed E-state index contributed by atoms with van der Waals surface area (Å²) in [5, 5.41) is 6.34. The molecule has 5 atom stereocenters. The molecular formula is C33H41N5O8S. The van der Waals surface area contributed by atoms with E-state index in [0.29, 0.717) is 36.3 Å². The van der Waals surface area contributed by atoms with Gasteiger partial charge >= 0.3 is 0 Å². The normalized spacial score (nSPS) is 24.3. The van der Waals surface area contributed by atoms with Crippen molar-refractivity contribution in [2.45, 2.75) is 74.9 Å². The monoisotopic (exact) mass is 667 g/mol. The van der Waals surface area contributed by atoms with Gasteiger partial charge in [0.2, 0.25) is 33.6 Å². The summed E-state index contributed by atoms with van der Waals surface area (Å²) in [4.78, 5) is 59.5. The Labute approximate surface area is 274 Å². The molecule has 4 amide bonds. The third-order valence-corrected chi connectivity index (χ3v) is 10.6. The minimum absolute atomic E-state index is 0.0101. The number of pyridine rings is 1. The Balaban J connectivity index is 1.42. The first-order valence-electron chi connectivity index (χ1n) is 15.6. The second-order valence-corrected chi connectivity index (χ2v) is 14.7. The van der Waals surface area contributed by atoms with Crippen LogP contribution < -0.4 is 24.8 Å². The van der Waals surface area contributed by atoms with E-state index < -0.39 is 68.5 Å². The van der Waals surface area contributed by atoms with E-state index in [0.717, 1.165) is 11.5 Å². The lowest BCUT2D eigenvalue weighted by molar-refractivity contribution is -0.142. The van der Waals surface area contributed by atoms with Crippen molar-refractivity contribution in [2.75, 3.05) is 13.7 Å². The number of fused-ring (bicyclic) bond motifs is 1. The molecule has 3 fully saturated rings. The molecule has 1 aliphatic heterocycles. The Hall–Kier alpha value is -4.46. The number of amides is 4. The Morgan fingerprint density at radius 2 is 1.91 bits per heavy atom. The number of sulfonamides is 1. The van der Waals surface area contributed by atoms with E-state index in [-0.39, 0.29) is 25.3 Å². The molecule has 2 heterocycles. The van der Waals surface area contributed by atoms with Crippen LogP contribution in [-0.2, 0) is 29.2 Å². The van der Waals surface area contributed by atoms with E-state index in [1.807, 2.05) is 32.0 Å². The second-order valence-electron chi connectivity index (χ2n) is 12.8. The third-order valence-electron chi connectivity index (χ3n) is 8.82. The van der Waals surface area contributed by atoms with Crippen molar-refractivity contribution >= 4 is 44.4 Å². The molecule has 3 N–H and O–H groups in total. The van der Waals surface area contributed by atoms with Gasteiger partial charge < -0.3 is 25.0 Å². The fraction of sp³-hybridized carbons (Fsp3) is 0.485. The molecule has 0 radical (unpaired) electrons. The van der Waals surface area contributed by atoms with Gasteiger partial charge in [-0.25, -0.2) is 13.4 Å². The molecule has 5 rings (SSSR count). The first kappa shape index (κ1) is 33.9. The summed E-state index contributed by atoms with van der Waals surface area (Å²) in [5.74, 6) is -2.04. The molecule has 0 bridgehead atoms. The molecule has 0 spiro atoms. The van der Waals surface area contributed by atoms with Crippen LogP contribution in [0.4, 0.5) is 0 Å². The highest BCUT2D eigenvalue weighted by Crippen LogP contribution is 2.45. The largest absolute Gasteiger partial charge is 0.497 e. The molecule has 47 heavy (non-hydrogen) atoms. The van der Waals surface area contributed by atoms with Crippen LogP contribution >= 0.6 is 0 Å². The van der Waals surface area contributed by atoms with Crippen LogP contribution in [0.25, 0.3) is 10.8 Å². The van der Waals surface area contributed by atoms with Crippen LogP contribution in [0.2, 0.25) is 0 Å². The second kappa shape index (κ2) is 13.3. The number of hydrogen-bond acceptors (Lipinski definition) is 9. The standard InChI is InChI=1S/C33H41N5O8S/c1-6-21-17-33(21,32(42)37-47(43,44)24-9-10-24)36-29(40)27-16-23(18-38(27)31(41)26(14-19(3)4)35-28(39)7-2)46-30-25-11-8-22(45-5)15-20(25)12-13-34-30/h6-8,11-13,15,19,21,23-24,26-27H,1-2,9-10,14,16-18H2,3-5H3,(H,35,39)(H,36,40)(H,37,42)/t21?,23-,26-,27+,33-/m1/s1. The molecule has 13 nitrogen and oxygen atoms in total. The van der Waals surface area contributed by atoms with Crippen molar-refractivity contribution in [1.82, 2.24) is 25.2 Å². The van der Waals surface area contributed by atoms with Crippen molar-refractivity contribution in [3.8, 4) is 11.6 Å². The number of aromatic nitrogens is 1. The van der Waals surface area contributed by atoms with Gasteiger partial charge in [0.25, 0.3) is 5.91 Å². The summed E-state index contributed by atoms with van der Waals surface area (Å²) in [6.07, 6.45) is 4.91. The summed E-state index contributed by atoms with van der Waals surface area (Å²) in [5.41, 5.74) is -1.53. The lowest BCUT2D eigenvalue weighted by Crippen LogP contribution is -2.58. The predicted molar refractivity (Wildman–Crippen MR) is 174 cm³/mol. The van der Waals surface area contributed by atoms with Gasteiger partial charge in [0.05, 0.1) is 18.9 Å². The average molecular weight is 668 g/mol. The summed E-state index contributed by atoms with van der Waals surface area (Å²) >= 11 is 0. The van der Waals surface area contributed by atoms with E-state index in [2.05, 4.69) is 33.5 Å².